The van der Waals surface area contributed by atoms with Gasteiger partial charge in [-0.15, -0.1) is 0 Å². The predicted octanol–water partition coefficient (Wildman–Crippen LogP) is 0.0166. The van der Waals surface area contributed by atoms with Crippen molar-refractivity contribution in [3.8, 4) is 5.75 Å². The third kappa shape index (κ3) is 1.67. The number of carbonyl (C=O) groups excluding carboxylic acids is 2. The molecule has 0 saturated carbocycles. The molecule has 136 valence electrons. The maximum absolute atomic E-state index is 13.2. The predicted molar refractivity (Wildman–Crippen MR) is 86.3 cm³/mol. The first-order valence-electron chi connectivity index (χ1n) is 8.65. The Morgan fingerprint density at radius 2 is 1.96 bits per heavy atom. The molecule has 0 unspecified atom stereocenters. The van der Waals surface area contributed by atoms with Gasteiger partial charge in [-0.2, -0.15) is 0 Å². The van der Waals surface area contributed by atoms with E-state index in [2.05, 4.69) is 0 Å². The van der Waals surface area contributed by atoms with Crippen molar-refractivity contribution >= 4 is 11.6 Å². The van der Waals surface area contributed by atoms with Gasteiger partial charge in [-0.25, -0.2) is 0 Å². The van der Waals surface area contributed by atoms with Gasteiger partial charge in [0.1, 0.15) is 29.7 Å². The van der Waals surface area contributed by atoms with Crippen molar-refractivity contribution in [2.45, 2.75) is 43.4 Å². The number of ether oxygens (including phenoxy) is 1. The highest BCUT2D eigenvalue weighted by Crippen LogP contribution is 2.60. The molecule has 4 N–H and O–H groups in total. The van der Waals surface area contributed by atoms with E-state index in [1.165, 1.54) is 18.2 Å². The maximum atomic E-state index is 13.2. The molecule has 5 rings (SSSR count). The highest BCUT2D eigenvalue weighted by atomic mass is 16.6. The molecule has 1 aromatic rings. The van der Waals surface area contributed by atoms with Crippen LogP contribution in [0.1, 0.15) is 35.4 Å². The molecule has 0 aromatic heterocycles. The minimum atomic E-state index is -2.05. The van der Waals surface area contributed by atoms with Gasteiger partial charge in [-0.3, -0.25) is 9.59 Å². The summed E-state index contributed by atoms with van der Waals surface area (Å²) in [6.45, 7) is 1.75. The quantitative estimate of drug-likeness (QED) is 0.481. The summed E-state index contributed by atoms with van der Waals surface area (Å²) >= 11 is 0. The Kier molecular flexibility index (Phi) is 2.98. The second-order valence-corrected chi connectivity index (χ2v) is 7.72. The highest BCUT2D eigenvalue weighted by Gasteiger charge is 2.72. The SMILES string of the molecule is C[C@@H]1CC(=O)C2=C([C@H]1O)[C@@H]1O[C@H]1[C@]1(O)[C@H]2C(=O)c2cccc(O)c2[C@@H]1O. The highest BCUT2D eigenvalue weighted by molar-refractivity contribution is 6.12. The van der Waals surface area contributed by atoms with Crippen molar-refractivity contribution in [3.63, 3.8) is 0 Å². The van der Waals surface area contributed by atoms with E-state index in [0.717, 1.165) is 0 Å². The Hall–Kier alpha value is -2.06. The lowest BCUT2D eigenvalue weighted by Crippen LogP contribution is -2.60. The van der Waals surface area contributed by atoms with Crippen LogP contribution in [0.3, 0.4) is 0 Å². The monoisotopic (exact) mass is 358 g/mol. The van der Waals surface area contributed by atoms with E-state index >= 15 is 0 Å². The van der Waals surface area contributed by atoms with E-state index in [4.69, 9.17) is 4.74 Å². The lowest BCUT2D eigenvalue weighted by Gasteiger charge is -2.47. The molecule has 0 amide bonds. The minimum absolute atomic E-state index is 0.0493. The van der Waals surface area contributed by atoms with Crippen LogP contribution in [0.2, 0.25) is 0 Å². The molecule has 0 spiro atoms. The zero-order chi connectivity index (χ0) is 18.5. The molecule has 1 fully saturated rings. The van der Waals surface area contributed by atoms with Crippen molar-refractivity contribution in [2.75, 3.05) is 0 Å². The number of hydrogen-bond acceptors (Lipinski definition) is 7. The van der Waals surface area contributed by atoms with Gasteiger partial charge in [0.15, 0.2) is 11.6 Å². The molecule has 4 aliphatic rings. The fourth-order valence-electron chi connectivity index (χ4n) is 4.98. The Morgan fingerprint density at radius 3 is 2.69 bits per heavy atom. The van der Waals surface area contributed by atoms with Crippen LogP contribution in [0.4, 0.5) is 0 Å². The fraction of sp³-hybridized carbons (Fsp3) is 0.474. The molecule has 0 radical (unpaired) electrons. The summed E-state index contributed by atoms with van der Waals surface area (Å²) in [4.78, 5) is 26.0. The standard InChI is InChI=1S/C19H18O7/c1-6-5-9(21)11-12(14(6)22)16-18(26-16)19(25)13(11)15(23)7-3-2-4-8(20)10(7)17(19)24/h2-4,6,13-14,16-18,20,22,24-25H,5H2,1H3/t6-,13-,14+,16+,17+,18-,19+/m1/s1. The van der Waals surface area contributed by atoms with Gasteiger partial charge in [0.05, 0.1) is 12.0 Å². The van der Waals surface area contributed by atoms with E-state index in [9.17, 15) is 30.0 Å². The number of fused-ring (bicyclic) bond motifs is 6. The summed E-state index contributed by atoms with van der Waals surface area (Å²) in [5.41, 5.74) is -1.61. The molecule has 7 nitrogen and oxygen atoms in total. The number of aromatic hydroxyl groups is 1. The average Bonchev–Trinajstić information content (AvgIpc) is 3.38. The first-order valence-corrected chi connectivity index (χ1v) is 8.65. The summed E-state index contributed by atoms with van der Waals surface area (Å²) in [5.74, 6) is -2.80. The number of epoxide rings is 1. The average molecular weight is 358 g/mol. The molecule has 1 heterocycles. The van der Waals surface area contributed by atoms with Gasteiger partial charge in [-0.05, 0) is 17.6 Å². The Labute approximate surface area is 148 Å². The van der Waals surface area contributed by atoms with E-state index in [-0.39, 0.29) is 40.6 Å². The number of carbonyl (C=O) groups is 2. The van der Waals surface area contributed by atoms with Crippen molar-refractivity contribution in [1.29, 1.82) is 0 Å². The molecule has 1 saturated heterocycles. The lowest BCUT2D eigenvalue weighted by molar-refractivity contribution is -0.131. The molecular formula is C19H18O7. The van der Waals surface area contributed by atoms with E-state index in [0.29, 0.717) is 5.57 Å². The summed E-state index contributed by atoms with van der Waals surface area (Å²) in [5, 5.41) is 42.9. The number of benzene rings is 1. The van der Waals surface area contributed by atoms with Gasteiger partial charge in [-0.1, -0.05) is 19.1 Å². The van der Waals surface area contributed by atoms with Crippen LogP contribution in [-0.4, -0.2) is 55.9 Å². The van der Waals surface area contributed by atoms with Crippen molar-refractivity contribution in [1.82, 2.24) is 0 Å². The summed E-state index contributed by atoms with van der Waals surface area (Å²) < 4.78 is 5.55. The van der Waals surface area contributed by atoms with Crippen molar-refractivity contribution in [3.05, 3.63) is 40.5 Å². The number of phenolic OH excluding ortho intramolecular Hbond substituents is 1. The van der Waals surface area contributed by atoms with Crippen molar-refractivity contribution in [2.24, 2.45) is 11.8 Å². The molecule has 0 bridgehead atoms. The normalized spacial score (nSPS) is 43.4. The summed E-state index contributed by atoms with van der Waals surface area (Å²) in [6, 6.07) is 4.25. The second-order valence-electron chi connectivity index (χ2n) is 7.72. The topological polar surface area (TPSA) is 128 Å². The third-order valence-electron chi connectivity index (χ3n) is 6.30. The molecular weight excluding hydrogens is 340 g/mol. The maximum Gasteiger partial charge on any atom is 0.174 e. The number of aliphatic hydroxyl groups is 3. The number of ketones is 2. The Balaban J connectivity index is 1.79. The van der Waals surface area contributed by atoms with E-state index < -0.39 is 41.7 Å². The van der Waals surface area contributed by atoms with Crippen molar-refractivity contribution < 1.29 is 34.8 Å². The van der Waals surface area contributed by atoms with Crippen LogP contribution in [0.15, 0.2) is 29.3 Å². The first kappa shape index (κ1) is 16.1. The largest absolute Gasteiger partial charge is 0.508 e. The molecule has 26 heavy (non-hydrogen) atoms. The van der Waals surface area contributed by atoms with Crippen LogP contribution in [-0.2, 0) is 9.53 Å². The second kappa shape index (κ2) is 4.80. The summed E-state index contributed by atoms with van der Waals surface area (Å²) in [6.07, 6.45) is -4.08. The molecule has 3 aliphatic carbocycles. The van der Waals surface area contributed by atoms with Crippen LogP contribution in [0.25, 0.3) is 0 Å². The summed E-state index contributed by atoms with van der Waals surface area (Å²) in [7, 11) is 0. The Bertz CT molecular complexity index is 903. The number of Topliss-reactive ketones (excluding diaryl/α,β-unsaturated/α-hetero) is 2. The molecule has 7 heteroatoms. The molecule has 1 aliphatic heterocycles. The van der Waals surface area contributed by atoms with Gasteiger partial charge in [0.2, 0.25) is 0 Å². The lowest BCUT2D eigenvalue weighted by atomic mass is 9.58. The van der Waals surface area contributed by atoms with E-state index in [1.807, 2.05) is 0 Å². The Morgan fingerprint density at radius 1 is 1.23 bits per heavy atom. The number of rotatable bonds is 0. The smallest absolute Gasteiger partial charge is 0.174 e. The first-order chi connectivity index (χ1) is 12.3. The van der Waals surface area contributed by atoms with Gasteiger partial charge >= 0.3 is 0 Å². The number of phenols is 1. The number of aliphatic hydroxyl groups excluding tert-OH is 2. The van der Waals surface area contributed by atoms with Gasteiger partial charge < -0.3 is 25.2 Å². The third-order valence-corrected chi connectivity index (χ3v) is 6.30. The van der Waals surface area contributed by atoms with E-state index in [1.54, 1.807) is 6.92 Å². The van der Waals surface area contributed by atoms with Crippen LogP contribution in [0.5, 0.6) is 5.75 Å². The molecule has 7 atom stereocenters. The minimum Gasteiger partial charge on any atom is -0.508 e. The van der Waals surface area contributed by atoms with Crippen LogP contribution < -0.4 is 0 Å². The molecule has 1 aromatic carbocycles. The van der Waals surface area contributed by atoms with Crippen LogP contribution >= 0.6 is 0 Å². The zero-order valence-electron chi connectivity index (χ0n) is 13.9. The van der Waals surface area contributed by atoms with Gasteiger partial charge in [0, 0.05) is 23.1 Å². The number of hydrogen-bond donors (Lipinski definition) is 4. The zero-order valence-corrected chi connectivity index (χ0v) is 13.9. The van der Waals surface area contributed by atoms with Gasteiger partial charge in [0.25, 0.3) is 0 Å². The fourth-order valence-corrected chi connectivity index (χ4v) is 4.98. The van der Waals surface area contributed by atoms with Crippen LogP contribution in [0, 0.1) is 11.8 Å².